The Morgan fingerprint density at radius 3 is 2.70 bits per heavy atom. The smallest absolute Gasteiger partial charge is 0.231 e. The average Bonchev–Trinajstić information content (AvgIpc) is 3.14. The molecule has 3 aliphatic heterocycles. The van der Waals surface area contributed by atoms with Crippen molar-refractivity contribution in [2.45, 2.75) is 6.42 Å². The fourth-order valence-electron chi connectivity index (χ4n) is 3.47. The zero-order chi connectivity index (χ0) is 18.4. The molecule has 6 nitrogen and oxygen atoms in total. The minimum absolute atomic E-state index is 0.110. The molecule has 0 unspecified atom stereocenters. The molecule has 0 atom stereocenters. The molecule has 3 heterocycles. The standard InChI is InChI=1S/C20H16BrNO5/c21-14-5-12(7-19-20(14)25-4-3-24-19)16(23)9-15-13-8-18-17(26-10-27-18)6-11(13)1-2-22-15/h5-9,22H,1-4,10H2/b15-9-. The quantitative estimate of drug-likeness (QED) is 0.583. The predicted molar refractivity (Wildman–Crippen MR) is 102 cm³/mol. The molecule has 0 aliphatic carbocycles. The van der Waals surface area contributed by atoms with Crippen LogP contribution in [-0.2, 0) is 6.42 Å². The highest BCUT2D eigenvalue weighted by Gasteiger charge is 2.23. The molecule has 0 bridgehead atoms. The minimum atomic E-state index is -0.110. The normalized spacial score (nSPS) is 18.0. The van der Waals surface area contributed by atoms with E-state index in [1.165, 1.54) is 0 Å². The predicted octanol–water partition coefficient (Wildman–Crippen LogP) is 3.32. The second-order valence-electron chi connectivity index (χ2n) is 6.44. The second kappa shape index (κ2) is 6.49. The van der Waals surface area contributed by atoms with Crippen LogP contribution in [0.2, 0.25) is 0 Å². The van der Waals surface area contributed by atoms with Gasteiger partial charge in [-0.2, -0.15) is 0 Å². The van der Waals surface area contributed by atoms with Crippen molar-refractivity contribution < 1.29 is 23.7 Å². The molecule has 0 aromatic heterocycles. The summed E-state index contributed by atoms with van der Waals surface area (Å²) in [6.45, 7) is 1.96. The number of halogens is 1. The van der Waals surface area contributed by atoms with Gasteiger partial charge in [-0.1, -0.05) is 0 Å². The largest absolute Gasteiger partial charge is 0.486 e. The maximum absolute atomic E-state index is 12.9. The summed E-state index contributed by atoms with van der Waals surface area (Å²) in [6, 6.07) is 7.42. The van der Waals surface area contributed by atoms with Crippen LogP contribution in [0.25, 0.3) is 5.70 Å². The van der Waals surface area contributed by atoms with Crippen molar-refractivity contribution in [1.82, 2.24) is 5.32 Å². The number of carbonyl (C=O) groups is 1. The van der Waals surface area contributed by atoms with Gasteiger partial charge in [0.1, 0.15) is 13.2 Å². The lowest BCUT2D eigenvalue weighted by molar-refractivity contribution is 0.104. The molecular formula is C20H16BrNO5. The Morgan fingerprint density at radius 1 is 1.00 bits per heavy atom. The van der Waals surface area contributed by atoms with E-state index >= 15 is 0 Å². The molecule has 3 aliphatic rings. The fraction of sp³-hybridized carbons (Fsp3) is 0.250. The second-order valence-corrected chi connectivity index (χ2v) is 7.30. The Hall–Kier alpha value is -2.67. The summed E-state index contributed by atoms with van der Waals surface area (Å²) in [7, 11) is 0. The highest BCUT2D eigenvalue weighted by Crippen LogP contribution is 2.40. The first-order valence-electron chi connectivity index (χ1n) is 8.71. The summed E-state index contributed by atoms with van der Waals surface area (Å²) in [4.78, 5) is 12.9. The first-order valence-corrected chi connectivity index (χ1v) is 9.50. The van der Waals surface area contributed by atoms with Gasteiger partial charge < -0.3 is 24.3 Å². The van der Waals surface area contributed by atoms with Gasteiger partial charge in [0.15, 0.2) is 28.8 Å². The van der Waals surface area contributed by atoms with E-state index in [4.69, 9.17) is 18.9 Å². The summed E-state index contributed by atoms with van der Waals surface area (Å²) in [5, 5.41) is 3.32. The lowest BCUT2D eigenvalue weighted by Gasteiger charge is -2.22. The zero-order valence-electron chi connectivity index (χ0n) is 14.3. The van der Waals surface area contributed by atoms with Crippen molar-refractivity contribution >= 4 is 27.4 Å². The van der Waals surface area contributed by atoms with Crippen LogP contribution in [0, 0.1) is 0 Å². The first kappa shape index (κ1) is 16.5. The van der Waals surface area contributed by atoms with E-state index in [2.05, 4.69) is 21.2 Å². The summed E-state index contributed by atoms with van der Waals surface area (Å²) in [5.41, 5.74) is 3.43. The van der Waals surface area contributed by atoms with Gasteiger partial charge in [0, 0.05) is 29.4 Å². The first-order chi connectivity index (χ1) is 13.2. The maximum Gasteiger partial charge on any atom is 0.231 e. The molecule has 0 spiro atoms. The Balaban J connectivity index is 1.51. The van der Waals surface area contributed by atoms with Gasteiger partial charge >= 0.3 is 0 Å². The third-order valence-electron chi connectivity index (χ3n) is 4.76. The van der Waals surface area contributed by atoms with E-state index in [0.717, 1.165) is 35.5 Å². The molecular weight excluding hydrogens is 414 g/mol. The Labute approximate surface area is 164 Å². The van der Waals surface area contributed by atoms with Crippen LogP contribution < -0.4 is 24.3 Å². The van der Waals surface area contributed by atoms with Crippen molar-refractivity contribution in [3.05, 3.63) is 51.5 Å². The maximum atomic E-state index is 12.9. The molecule has 5 rings (SSSR count). The van der Waals surface area contributed by atoms with Gasteiger partial charge in [-0.25, -0.2) is 0 Å². The van der Waals surface area contributed by atoms with Crippen molar-refractivity contribution in [2.24, 2.45) is 0 Å². The van der Waals surface area contributed by atoms with E-state index in [9.17, 15) is 4.79 Å². The van der Waals surface area contributed by atoms with Gasteiger partial charge in [-0.05, 0) is 52.2 Å². The van der Waals surface area contributed by atoms with Gasteiger partial charge in [0.25, 0.3) is 0 Å². The molecule has 2 aromatic rings. The SMILES string of the molecule is O=C(/C=C1\NCCc2cc3c(cc21)OCO3)c1cc(Br)c2c(c1)OCCO2. The minimum Gasteiger partial charge on any atom is -0.486 e. The van der Waals surface area contributed by atoms with Crippen LogP contribution in [0.3, 0.4) is 0 Å². The van der Waals surface area contributed by atoms with E-state index < -0.39 is 0 Å². The number of fused-ring (bicyclic) bond motifs is 3. The lowest BCUT2D eigenvalue weighted by Crippen LogP contribution is -2.23. The van der Waals surface area contributed by atoms with Gasteiger partial charge in [0.05, 0.1) is 4.47 Å². The molecule has 0 saturated heterocycles. The number of ether oxygens (including phenoxy) is 4. The molecule has 0 radical (unpaired) electrons. The van der Waals surface area contributed by atoms with E-state index in [1.54, 1.807) is 18.2 Å². The summed E-state index contributed by atoms with van der Waals surface area (Å²) in [6.07, 6.45) is 2.49. The molecule has 0 fully saturated rings. The lowest BCUT2D eigenvalue weighted by atomic mass is 9.95. The summed E-state index contributed by atoms with van der Waals surface area (Å²) >= 11 is 3.46. The van der Waals surface area contributed by atoms with Gasteiger partial charge in [-0.3, -0.25) is 4.79 Å². The highest BCUT2D eigenvalue weighted by atomic mass is 79.9. The topological polar surface area (TPSA) is 66.0 Å². The molecule has 2 aromatic carbocycles. The third-order valence-corrected chi connectivity index (χ3v) is 5.34. The number of nitrogens with one attached hydrogen (secondary N) is 1. The van der Waals surface area contributed by atoms with E-state index in [-0.39, 0.29) is 12.6 Å². The molecule has 138 valence electrons. The van der Waals surface area contributed by atoms with Crippen molar-refractivity contribution in [2.75, 3.05) is 26.6 Å². The molecule has 1 N–H and O–H groups in total. The molecule has 0 saturated carbocycles. The number of hydrogen-bond donors (Lipinski definition) is 1. The Bertz CT molecular complexity index is 985. The third kappa shape index (κ3) is 2.92. The van der Waals surface area contributed by atoms with E-state index in [0.29, 0.717) is 40.5 Å². The number of rotatable bonds is 2. The molecule has 27 heavy (non-hydrogen) atoms. The van der Waals surface area contributed by atoms with Crippen molar-refractivity contribution in [3.8, 4) is 23.0 Å². The molecule has 7 heteroatoms. The number of benzene rings is 2. The number of ketones is 1. The summed E-state index contributed by atoms with van der Waals surface area (Å²) < 4.78 is 22.9. The Morgan fingerprint density at radius 2 is 1.81 bits per heavy atom. The van der Waals surface area contributed by atoms with E-state index in [1.807, 2.05) is 12.1 Å². The Kier molecular flexibility index (Phi) is 3.97. The monoisotopic (exact) mass is 429 g/mol. The summed E-state index contributed by atoms with van der Waals surface area (Å²) in [5.74, 6) is 2.58. The number of allylic oxidation sites excluding steroid dienone is 1. The average molecular weight is 430 g/mol. The van der Waals surface area contributed by atoms with Crippen LogP contribution in [0.5, 0.6) is 23.0 Å². The van der Waals surface area contributed by atoms with Crippen LogP contribution in [0.15, 0.2) is 34.8 Å². The van der Waals surface area contributed by atoms with Crippen LogP contribution in [0.4, 0.5) is 0 Å². The van der Waals surface area contributed by atoms with Crippen LogP contribution >= 0.6 is 15.9 Å². The zero-order valence-corrected chi connectivity index (χ0v) is 15.9. The number of hydrogen-bond acceptors (Lipinski definition) is 6. The highest BCUT2D eigenvalue weighted by molar-refractivity contribution is 9.10. The van der Waals surface area contributed by atoms with Crippen molar-refractivity contribution in [1.29, 1.82) is 0 Å². The molecule has 0 amide bonds. The fourth-order valence-corrected chi connectivity index (χ4v) is 4.02. The van der Waals surface area contributed by atoms with Crippen LogP contribution in [-0.4, -0.2) is 32.3 Å². The van der Waals surface area contributed by atoms with Gasteiger partial charge in [0.2, 0.25) is 6.79 Å². The van der Waals surface area contributed by atoms with Gasteiger partial charge in [-0.15, -0.1) is 0 Å². The van der Waals surface area contributed by atoms with Crippen molar-refractivity contribution in [3.63, 3.8) is 0 Å². The van der Waals surface area contributed by atoms with Crippen LogP contribution in [0.1, 0.15) is 21.5 Å². The number of carbonyl (C=O) groups excluding carboxylic acids is 1.